The average molecular weight is 282 g/mol. The van der Waals surface area contributed by atoms with Crippen LogP contribution in [0, 0.1) is 21.8 Å². The van der Waals surface area contributed by atoms with E-state index in [9.17, 15) is 19.3 Å². The lowest BCUT2D eigenvalue weighted by atomic mass is 10.0. The highest BCUT2D eigenvalue weighted by Crippen LogP contribution is 2.18. The molecule has 1 heterocycles. The number of carbonyl (C=O) groups is 1. The molecular weight excluding hydrogens is 267 g/mol. The molecule has 0 radical (unpaired) electrons. The molecule has 1 aliphatic heterocycles. The van der Waals surface area contributed by atoms with Gasteiger partial charge in [0.05, 0.1) is 4.92 Å². The highest BCUT2D eigenvalue weighted by atomic mass is 19.1. The molecule has 108 valence electrons. The molecule has 0 bridgehead atoms. The lowest BCUT2D eigenvalue weighted by Gasteiger charge is -2.22. The van der Waals surface area contributed by atoms with Crippen LogP contribution in [0.1, 0.15) is 23.2 Å². The lowest BCUT2D eigenvalue weighted by Crippen LogP contribution is -2.32. The monoisotopic (exact) mass is 282 g/mol. The third kappa shape index (κ3) is 3.51. The Labute approximate surface area is 115 Å². The third-order valence-corrected chi connectivity index (χ3v) is 3.30. The molecule has 1 saturated heterocycles. The summed E-state index contributed by atoms with van der Waals surface area (Å²) >= 11 is 0. The topological polar surface area (TPSA) is 81.5 Å². The maximum absolute atomic E-state index is 13.4. The van der Waals surface area contributed by atoms with Gasteiger partial charge in [0.15, 0.2) is 0 Å². The van der Waals surface area contributed by atoms with Crippen LogP contribution in [0.15, 0.2) is 18.2 Å². The number of hydrogen-bond acceptors (Lipinski definition) is 4. The van der Waals surface area contributed by atoms with Crippen LogP contribution in [0.3, 0.4) is 0 Å². The number of hydrogen-bond donors (Lipinski definition) is 1. The Morgan fingerprint density at radius 1 is 1.45 bits per heavy atom. The maximum atomic E-state index is 13.4. The first-order valence-corrected chi connectivity index (χ1v) is 6.38. The van der Waals surface area contributed by atoms with Crippen LogP contribution in [0.25, 0.3) is 0 Å². The van der Waals surface area contributed by atoms with E-state index in [1.165, 1.54) is 6.07 Å². The van der Waals surface area contributed by atoms with Crippen molar-refractivity contribution in [2.45, 2.75) is 12.8 Å². The van der Waals surface area contributed by atoms with Gasteiger partial charge >= 0.3 is 5.69 Å². The van der Waals surface area contributed by atoms with Crippen molar-refractivity contribution in [1.29, 1.82) is 0 Å². The van der Waals surface area contributed by atoms with Crippen LogP contribution in [0.2, 0.25) is 0 Å². The molecule has 0 unspecified atom stereocenters. The molecule has 1 aromatic carbocycles. The summed E-state index contributed by atoms with van der Waals surface area (Å²) in [6.45, 7) is 1.88. The van der Waals surface area contributed by atoms with Gasteiger partial charge in [-0.15, -0.1) is 0 Å². The minimum absolute atomic E-state index is 0.0835. The number of nitro benzene ring substituents is 1. The van der Waals surface area contributed by atoms with Crippen molar-refractivity contribution < 1.29 is 18.8 Å². The summed E-state index contributed by atoms with van der Waals surface area (Å²) in [5.74, 6) is -1.07. The summed E-state index contributed by atoms with van der Waals surface area (Å²) in [5.41, 5.74) is -0.550. The summed E-state index contributed by atoms with van der Waals surface area (Å²) < 4.78 is 18.6. The molecular formula is C13H15FN2O4. The van der Waals surface area contributed by atoms with Gasteiger partial charge in [0.1, 0.15) is 0 Å². The molecule has 1 amide bonds. The SMILES string of the molecule is O=C(NCC1CCOCC1)c1ccc([N+](=O)[O-])c(F)c1. The minimum Gasteiger partial charge on any atom is -0.381 e. The molecule has 0 spiro atoms. The van der Waals surface area contributed by atoms with E-state index in [4.69, 9.17) is 4.74 Å². The molecule has 7 heteroatoms. The van der Waals surface area contributed by atoms with Crippen molar-refractivity contribution in [3.8, 4) is 0 Å². The molecule has 0 aromatic heterocycles. The third-order valence-electron chi connectivity index (χ3n) is 3.30. The fourth-order valence-electron chi connectivity index (χ4n) is 2.09. The second-order valence-corrected chi connectivity index (χ2v) is 4.69. The molecule has 6 nitrogen and oxygen atoms in total. The number of benzene rings is 1. The smallest absolute Gasteiger partial charge is 0.304 e. The molecule has 1 N–H and O–H groups in total. The summed E-state index contributed by atoms with van der Waals surface area (Å²) in [4.78, 5) is 21.5. The van der Waals surface area contributed by atoms with Crippen LogP contribution >= 0.6 is 0 Å². The summed E-state index contributed by atoms with van der Waals surface area (Å²) in [7, 11) is 0. The Balaban J connectivity index is 1.95. The molecule has 2 rings (SSSR count). The Morgan fingerprint density at radius 3 is 2.75 bits per heavy atom. The number of nitrogens with one attached hydrogen (secondary N) is 1. The number of nitro groups is 1. The Hall–Kier alpha value is -2.02. The van der Waals surface area contributed by atoms with Gasteiger partial charge in [-0.2, -0.15) is 4.39 Å². The quantitative estimate of drug-likeness (QED) is 0.675. The Bertz CT molecular complexity index is 515. The van der Waals surface area contributed by atoms with Gasteiger partial charge in [0.2, 0.25) is 5.82 Å². The Morgan fingerprint density at radius 2 is 2.15 bits per heavy atom. The fourth-order valence-corrected chi connectivity index (χ4v) is 2.09. The molecule has 1 fully saturated rings. The molecule has 0 atom stereocenters. The number of carbonyl (C=O) groups excluding carboxylic acids is 1. The van der Waals surface area contributed by atoms with Crippen molar-refractivity contribution in [1.82, 2.24) is 5.32 Å². The van der Waals surface area contributed by atoms with E-state index in [0.29, 0.717) is 25.7 Å². The van der Waals surface area contributed by atoms with Crippen molar-refractivity contribution >= 4 is 11.6 Å². The number of nitrogens with zero attached hydrogens (tertiary/aromatic N) is 1. The van der Waals surface area contributed by atoms with E-state index < -0.39 is 22.3 Å². The van der Waals surface area contributed by atoms with Gasteiger partial charge in [0.25, 0.3) is 5.91 Å². The summed E-state index contributed by atoms with van der Waals surface area (Å²) in [6, 6.07) is 3.14. The standard InChI is InChI=1S/C13H15FN2O4/c14-11-7-10(1-2-12(11)16(18)19)13(17)15-8-9-3-5-20-6-4-9/h1-2,7,9H,3-6,8H2,(H,15,17). The zero-order chi connectivity index (χ0) is 14.5. The van der Waals surface area contributed by atoms with Crippen LogP contribution in [-0.2, 0) is 4.74 Å². The normalized spacial score (nSPS) is 15.8. The van der Waals surface area contributed by atoms with Gasteiger partial charge in [0, 0.05) is 31.4 Å². The number of ether oxygens (including phenoxy) is 1. The van der Waals surface area contributed by atoms with E-state index in [-0.39, 0.29) is 5.56 Å². The van der Waals surface area contributed by atoms with Crippen molar-refractivity contribution in [3.63, 3.8) is 0 Å². The first-order valence-electron chi connectivity index (χ1n) is 6.38. The predicted molar refractivity (Wildman–Crippen MR) is 68.9 cm³/mol. The van der Waals surface area contributed by atoms with Crippen molar-refractivity contribution in [2.24, 2.45) is 5.92 Å². The van der Waals surface area contributed by atoms with Gasteiger partial charge in [-0.1, -0.05) is 0 Å². The van der Waals surface area contributed by atoms with Crippen LogP contribution in [0.5, 0.6) is 0 Å². The van der Waals surface area contributed by atoms with E-state index in [2.05, 4.69) is 5.32 Å². The number of amides is 1. The van der Waals surface area contributed by atoms with Crippen LogP contribution in [0.4, 0.5) is 10.1 Å². The van der Waals surface area contributed by atoms with Gasteiger partial charge in [-0.3, -0.25) is 14.9 Å². The van der Waals surface area contributed by atoms with Gasteiger partial charge < -0.3 is 10.1 Å². The molecule has 0 saturated carbocycles. The molecule has 1 aromatic rings. The van der Waals surface area contributed by atoms with E-state index in [1.807, 2.05) is 0 Å². The summed E-state index contributed by atoms with van der Waals surface area (Å²) in [5, 5.41) is 13.2. The van der Waals surface area contributed by atoms with E-state index >= 15 is 0 Å². The minimum atomic E-state index is -1.01. The first-order chi connectivity index (χ1) is 9.58. The fraction of sp³-hybridized carbons (Fsp3) is 0.462. The van der Waals surface area contributed by atoms with E-state index in [0.717, 1.165) is 25.0 Å². The van der Waals surface area contributed by atoms with Crippen molar-refractivity contribution in [3.05, 3.63) is 39.7 Å². The molecule has 1 aliphatic rings. The first kappa shape index (κ1) is 14.4. The Kier molecular flexibility index (Phi) is 4.62. The number of halogens is 1. The largest absolute Gasteiger partial charge is 0.381 e. The average Bonchev–Trinajstić information content (AvgIpc) is 2.45. The second-order valence-electron chi connectivity index (χ2n) is 4.69. The zero-order valence-corrected chi connectivity index (χ0v) is 10.8. The predicted octanol–water partition coefficient (Wildman–Crippen LogP) is 1.89. The van der Waals surface area contributed by atoms with Gasteiger partial charge in [-0.05, 0) is 30.9 Å². The zero-order valence-electron chi connectivity index (χ0n) is 10.8. The maximum Gasteiger partial charge on any atom is 0.304 e. The summed E-state index contributed by atoms with van der Waals surface area (Å²) in [6.07, 6.45) is 1.77. The van der Waals surface area contributed by atoms with Crippen molar-refractivity contribution in [2.75, 3.05) is 19.8 Å². The highest BCUT2D eigenvalue weighted by Gasteiger charge is 2.18. The van der Waals surface area contributed by atoms with E-state index in [1.54, 1.807) is 0 Å². The van der Waals surface area contributed by atoms with Gasteiger partial charge in [-0.25, -0.2) is 0 Å². The highest BCUT2D eigenvalue weighted by molar-refractivity contribution is 5.94. The van der Waals surface area contributed by atoms with Crippen LogP contribution in [-0.4, -0.2) is 30.6 Å². The lowest BCUT2D eigenvalue weighted by molar-refractivity contribution is -0.387. The van der Waals surface area contributed by atoms with Crippen LogP contribution < -0.4 is 5.32 Å². The molecule has 20 heavy (non-hydrogen) atoms. The number of rotatable bonds is 4. The molecule has 0 aliphatic carbocycles. The second kappa shape index (κ2) is 6.42.